The number of rotatable bonds is 2. The van der Waals surface area contributed by atoms with Gasteiger partial charge in [0.1, 0.15) is 11.5 Å². The maximum Gasteiger partial charge on any atom is 0.456 e. The zero-order valence-corrected chi connectivity index (χ0v) is 10.8. The van der Waals surface area contributed by atoms with E-state index in [1.165, 1.54) is 10.5 Å². The van der Waals surface area contributed by atoms with E-state index >= 15 is 0 Å². The van der Waals surface area contributed by atoms with Crippen molar-refractivity contribution in [1.82, 2.24) is 9.38 Å². The Labute approximate surface area is 109 Å². The van der Waals surface area contributed by atoms with Gasteiger partial charge in [-0.3, -0.25) is 4.79 Å². The first kappa shape index (κ1) is 13.1. The number of imidazole rings is 1. The summed E-state index contributed by atoms with van der Waals surface area (Å²) < 4.78 is 39.5. The van der Waals surface area contributed by atoms with Gasteiger partial charge >= 0.3 is 6.18 Å². The molecule has 0 aliphatic heterocycles. The minimum atomic E-state index is -4.91. The highest BCUT2D eigenvalue weighted by molar-refractivity contribution is 9.10. The van der Waals surface area contributed by atoms with Crippen molar-refractivity contribution in [2.45, 2.75) is 19.5 Å². The Kier molecular flexibility index (Phi) is 3.18. The summed E-state index contributed by atoms with van der Waals surface area (Å²) in [5.41, 5.74) is -0.385. The van der Waals surface area contributed by atoms with Crippen LogP contribution in [0.25, 0.3) is 5.52 Å². The van der Waals surface area contributed by atoms with E-state index in [1.54, 1.807) is 19.2 Å². The van der Waals surface area contributed by atoms with Crippen LogP contribution in [0.3, 0.4) is 0 Å². The summed E-state index contributed by atoms with van der Waals surface area (Å²) in [4.78, 5) is 15.1. The summed E-state index contributed by atoms with van der Waals surface area (Å²) in [6, 6.07) is 3.01. The van der Waals surface area contributed by atoms with Crippen LogP contribution in [-0.4, -0.2) is 21.3 Å². The number of hydrogen-bond acceptors (Lipinski definition) is 2. The fourth-order valence-corrected chi connectivity index (χ4v) is 2.01. The van der Waals surface area contributed by atoms with Gasteiger partial charge in [-0.05, 0) is 28.1 Å². The predicted octanol–water partition coefficient (Wildman–Crippen LogP) is 3.40. The van der Waals surface area contributed by atoms with E-state index < -0.39 is 17.7 Å². The van der Waals surface area contributed by atoms with Crippen molar-refractivity contribution in [2.75, 3.05) is 0 Å². The van der Waals surface area contributed by atoms with Crippen molar-refractivity contribution >= 4 is 27.2 Å². The molecule has 18 heavy (non-hydrogen) atoms. The molecule has 0 bridgehead atoms. The Morgan fingerprint density at radius 3 is 2.67 bits per heavy atom. The molecule has 96 valence electrons. The average molecular weight is 321 g/mol. The molecule has 0 aliphatic carbocycles. The SMILES string of the molecule is CCc1nc(C(=O)C(F)(F)F)c2ccc(Br)cn12. The van der Waals surface area contributed by atoms with Crippen LogP contribution in [0.1, 0.15) is 23.2 Å². The number of halogens is 4. The van der Waals surface area contributed by atoms with E-state index in [-0.39, 0.29) is 5.52 Å². The third-order valence-electron chi connectivity index (χ3n) is 2.46. The monoisotopic (exact) mass is 320 g/mol. The molecule has 0 fully saturated rings. The molecule has 0 saturated carbocycles. The molecule has 0 saturated heterocycles. The minimum Gasteiger partial charge on any atom is -0.302 e. The number of carbonyl (C=O) groups excluding carboxylic acids is 1. The van der Waals surface area contributed by atoms with Gasteiger partial charge in [-0.25, -0.2) is 4.98 Å². The van der Waals surface area contributed by atoms with Crippen molar-refractivity contribution in [1.29, 1.82) is 0 Å². The molecular weight excluding hydrogens is 313 g/mol. The molecule has 0 amide bonds. The molecular formula is C11H8BrF3N2O. The summed E-state index contributed by atoms with van der Waals surface area (Å²) >= 11 is 3.23. The number of aryl methyl sites for hydroxylation is 1. The summed E-state index contributed by atoms with van der Waals surface area (Å²) in [6.45, 7) is 1.76. The second-order valence-electron chi connectivity index (χ2n) is 3.66. The Morgan fingerprint density at radius 1 is 1.44 bits per heavy atom. The predicted molar refractivity (Wildman–Crippen MR) is 62.7 cm³/mol. The quantitative estimate of drug-likeness (QED) is 0.795. The first-order chi connectivity index (χ1) is 8.34. The minimum absolute atomic E-state index is 0.164. The van der Waals surface area contributed by atoms with E-state index in [4.69, 9.17) is 0 Å². The fraction of sp³-hybridized carbons (Fsp3) is 0.273. The molecule has 0 atom stereocenters. The standard InChI is InChI=1S/C11H8BrF3N2O/c1-2-8-16-9(10(18)11(13,14)15)7-4-3-6(12)5-17(7)8/h3-5H,2H2,1H3. The lowest BCUT2D eigenvalue weighted by atomic mass is 10.2. The lowest BCUT2D eigenvalue weighted by Crippen LogP contribution is -2.23. The van der Waals surface area contributed by atoms with Gasteiger partial charge in [0.05, 0.1) is 5.52 Å². The van der Waals surface area contributed by atoms with Crippen molar-refractivity contribution in [3.05, 3.63) is 34.3 Å². The van der Waals surface area contributed by atoms with Crippen molar-refractivity contribution in [3.8, 4) is 0 Å². The van der Waals surface area contributed by atoms with Crippen LogP contribution in [0.4, 0.5) is 13.2 Å². The first-order valence-electron chi connectivity index (χ1n) is 5.12. The highest BCUT2D eigenvalue weighted by atomic mass is 79.9. The maximum absolute atomic E-state index is 12.4. The topological polar surface area (TPSA) is 34.4 Å². The Balaban J connectivity index is 2.70. The van der Waals surface area contributed by atoms with E-state index in [2.05, 4.69) is 20.9 Å². The molecule has 3 nitrogen and oxygen atoms in total. The molecule has 2 aromatic rings. The molecule has 0 unspecified atom stereocenters. The summed E-state index contributed by atoms with van der Waals surface area (Å²) in [5.74, 6) is -1.50. The molecule has 0 N–H and O–H groups in total. The van der Waals surface area contributed by atoms with Crippen LogP contribution >= 0.6 is 15.9 Å². The Bertz CT molecular complexity index is 619. The molecule has 0 radical (unpaired) electrons. The average Bonchev–Trinajstić information content (AvgIpc) is 2.64. The number of fused-ring (bicyclic) bond motifs is 1. The van der Waals surface area contributed by atoms with Gasteiger partial charge in [0, 0.05) is 17.1 Å². The lowest BCUT2D eigenvalue weighted by Gasteiger charge is -2.02. The van der Waals surface area contributed by atoms with Crippen molar-refractivity contribution < 1.29 is 18.0 Å². The maximum atomic E-state index is 12.4. The number of nitrogens with zero attached hydrogens (tertiary/aromatic N) is 2. The number of hydrogen-bond donors (Lipinski definition) is 0. The second kappa shape index (κ2) is 4.38. The van der Waals surface area contributed by atoms with E-state index in [0.717, 1.165) is 0 Å². The third kappa shape index (κ3) is 2.14. The molecule has 7 heteroatoms. The number of carbonyl (C=O) groups is 1. The number of alkyl halides is 3. The molecule has 2 rings (SSSR count). The van der Waals surface area contributed by atoms with Crippen LogP contribution < -0.4 is 0 Å². The fourth-order valence-electron chi connectivity index (χ4n) is 1.67. The largest absolute Gasteiger partial charge is 0.456 e. The lowest BCUT2D eigenvalue weighted by molar-refractivity contribution is -0.0887. The van der Waals surface area contributed by atoms with Crippen LogP contribution in [0.5, 0.6) is 0 Å². The Morgan fingerprint density at radius 2 is 2.11 bits per heavy atom. The smallest absolute Gasteiger partial charge is 0.302 e. The summed E-state index contributed by atoms with van der Waals surface area (Å²) in [6.07, 6.45) is -2.88. The van der Waals surface area contributed by atoms with Gasteiger partial charge in [0.25, 0.3) is 5.78 Å². The molecule has 0 spiro atoms. The Hall–Kier alpha value is -1.37. The molecule has 2 heterocycles. The highest BCUT2D eigenvalue weighted by Crippen LogP contribution is 2.25. The first-order valence-corrected chi connectivity index (χ1v) is 5.92. The number of Topliss-reactive ketones (excluding diaryl/α,β-unsaturated/α-hetero) is 1. The molecule has 0 aliphatic rings. The zero-order chi connectivity index (χ0) is 13.5. The zero-order valence-electron chi connectivity index (χ0n) is 9.25. The van der Waals surface area contributed by atoms with Crippen LogP contribution in [-0.2, 0) is 6.42 Å². The van der Waals surface area contributed by atoms with Gasteiger partial charge in [0.2, 0.25) is 0 Å². The van der Waals surface area contributed by atoms with Gasteiger partial charge in [-0.1, -0.05) is 6.92 Å². The molecule has 0 aromatic carbocycles. The van der Waals surface area contributed by atoms with E-state index in [1.807, 2.05) is 0 Å². The highest BCUT2D eigenvalue weighted by Gasteiger charge is 2.42. The summed E-state index contributed by atoms with van der Waals surface area (Å²) in [5, 5.41) is 0. The van der Waals surface area contributed by atoms with Gasteiger partial charge in [-0.15, -0.1) is 0 Å². The van der Waals surface area contributed by atoms with Crippen molar-refractivity contribution in [3.63, 3.8) is 0 Å². The van der Waals surface area contributed by atoms with Crippen LogP contribution in [0, 0.1) is 0 Å². The number of pyridine rings is 1. The van der Waals surface area contributed by atoms with Gasteiger partial charge < -0.3 is 4.40 Å². The van der Waals surface area contributed by atoms with E-state index in [9.17, 15) is 18.0 Å². The van der Waals surface area contributed by atoms with Crippen LogP contribution in [0.15, 0.2) is 22.8 Å². The van der Waals surface area contributed by atoms with Crippen molar-refractivity contribution in [2.24, 2.45) is 0 Å². The number of aromatic nitrogens is 2. The van der Waals surface area contributed by atoms with Gasteiger partial charge in [-0.2, -0.15) is 13.2 Å². The van der Waals surface area contributed by atoms with Crippen LogP contribution in [0.2, 0.25) is 0 Å². The second-order valence-corrected chi connectivity index (χ2v) is 4.58. The molecule has 2 aromatic heterocycles. The normalized spacial score (nSPS) is 12.1. The van der Waals surface area contributed by atoms with E-state index in [0.29, 0.717) is 16.7 Å². The number of ketones is 1. The van der Waals surface area contributed by atoms with Gasteiger partial charge in [0.15, 0.2) is 0 Å². The third-order valence-corrected chi connectivity index (χ3v) is 2.93. The summed E-state index contributed by atoms with van der Waals surface area (Å²) in [7, 11) is 0.